The van der Waals surface area contributed by atoms with Gasteiger partial charge in [-0.25, -0.2) is 10.8 Å². The average molecular weight is 300 g/mol. The van der Waals surface area contributed by atoms with Crippen LogP contribution in [0, 0.1) is 0 Å². The standard InChI is InChI=1S/C15H16N4OS/c16-19-15-17-13(12-8-10-21-14(12)18-15)20-9-4-7-11-5-2-1-3-6-11/h1-3,5-6,8,10H,4,7,9,16H2,(H,17,18,19). The first-order chi connectivity index (χ1) is 10.4. The van der Waals surface area contributed by atoms with Crippen LogP contribution in [0.4, 0.5) is 5.95 Å². The monoisotopic (exact) mass is 300 g/mol. The number of rotatable bonds is 6. The predicted octanol–water partition coefficient (Wildman–Crippen LogP) is 2.99. The van der Waals surface area contributed by atoms with Crippen molar-refractivity contribution in [2.24, 2.45) is 5.84 Å². The van der Waals surface area contributed by atoms with Crippen molar-refractivity contribution in [2.75, 3.05) is 12.0 Å². The van der Waals surface area contributed by atoms with Gasteiger partial charge in [0.15, 0.2) is 0 Å². The third-order valence-electron chi connectivity index (χ3n) is 3.11. The number of ether oxygens (including phenoxy) is 1. The SMILES string of the molecule is NNc1nc(OCCCc2ccccc2)c2ccsc2n1. The Labute approximate surface area is 126 Å². The summed E-state index contributed by atoms with van der Waals surface area (Å²) in [5.74, 6) is 6.35. The number of nitrogens with one attached hydrogen (secondary N) is 1. The fourth-order valence-electron chi connectivity index (χ4n) is 2.09. The number of aromatic nitrogens is 2. The third-order valence-corrected chi connectivity index (χ3v) is 3.92. The zero-order valence-corrected chi connectivity index (χ0v) is 12.3. The molecule has 1 aromatic carbocycles. The van der Waals surface area contributed by atoms with Gasteiger partial charge in [0.2, 0.25) is 11.8 Å². The lowest BCUT2D eigenvalue weighted by molar-refractivity contribution is 0.303. The Balaban J connectivity index is 1.63. The molecule has 108 valence electrons. The second-order valence-electron chi connectivity index (χ2n) is 4.57. The molecule has 0 aliphatic carbocycles. The number of fused-ring (bicyclic) bond motifs is 1. The molecule has 0 saturated heterocycles. The Morgan fingerprint density at radius 2 is 2.00 bits per heavy atom. The quantitative estimate of drug-likeness (QED) is 0.416. The van der Waals surface area contributed by atoms with Crippen LogP contribution in [0.25, 0.3) is 10.2 Å². The van der Waals surface area contributed by atoms with E-state index in [-0.39, 0.29) is 0 Å². The highest BCUT2D eigenvalue weighted by atomic mass is 32.1. The van der Waals surface area contributed by atoms with Gasteiger partial charge in [-0.15, -0.1) is 11.3 Å². The van der Waals surface area contributed by atoms with E-state index in [4.69, 9.17) is 10.6 Å². The molecule has 3 N–H and O–H groups in total. The van der Waals surface area contributed by atoms with Crippen molar-refractivity contribution in [3.8, 4) is 5.88 Å². The summed E-state index contributed by atoms with van der Waals surface area (Å²) in [6.45, 7) is 0.612. The van der Waals surface area contributed by atoms with Gasteiger partial charge in [0.1, 0.15) is 4.83 Å². The molecule has 5 nitrogen and oxygen atoms in total. The first-order valence-electron chi connectivity index (χ1n) is 6.75. The van der Waals surface area contributed by atoms with Crippen LogP contribution in [0.15, 0.2) is 41.8 Å². The number of nitrogen functional groups attached to an aromatic ring is 1. The van der Waals surface area contributed by atoms with Crippen molar-refractivity contribution >= 4 is 27.5 Å². The third kappa shape index (κ3) is 3.29. The first kappa shape index (κ1) is 13.8. The highest BCUT2D eigenvalue weighted by molar-refractivity contribution is 7.16. The van der Waals surface area contributed by atoms with Gasteiger partial charge in [0.05, 0.1) is 12.0 Å². The van der Waals surface area contributed by atoms with Crippen molar-refractivity contribution in [3.63, 3.8) is 0 Å². The Kier molecular flexibility index (Phi) is 4.28. The number of anilines is 1. The van der Waals surface area contributed by atoms with Crippen molar-refractivity contribution < 1.29 is 4.74 Å². The molecule has 0 fully saturated rings. The first-order valence-corrected chi connectivity index (χ1v) is 7.63. The van der Waals surface area contributed by atoms with Gasteiger partial charge >= 0.3 is 0 Å². The van der Waals surface area contributed by atoms with E-state index >= 15 is 0 Å². The van der Waals surface area contributed by atoms with E-state index < -0.39 is 0 Å². The Morgan fingerprint density at radius 1 is 1.14 bits per heavy atom. The molecular formula is C15H16N4OS. The summed E-state index contributed by atoms with van der Waals surface area (Å²) in [4.78, 5) is 9.43. The average Bonchev–Trinajstić information content (AvgIpc) is 3.00. The molecule has 0 aliphatic rings. The maximum atomic E-state index is 5.80. The number of aryl methyl sites for hydroxylation is 1. The van der Waals surface area contributed by atoms with Gasteiger partial charge in [-0.2, -0.15) is 4.98 Å². The van der Waals surface area contributed by atoms with Crippen LogP contribution in [0.1, 0.15) is 12.0 Å². The van der Waals surface area contributed by atoms with Crippen LogP contribution in [0.5, 0.6) is 5.88 Å². The molecule has 0 aliphatic heterocycles. The van der Waals surface area contributed by atoms with E-state index in [2.05, 4.69) is 39.7 Å². The highest BCUT2D eigenvalue weighted by Crippen LogP contribution is 2.28. The maximum Gasteiger partial charge on any atom is 0.241 e. The van der Waals surface area contributed by atoms with Crippen molar-refractivity contribution in [1.82, 2.24) is 9.97 Å². The highest BCUT2D eigenvalue weighted by Gasteiger charge is 2.09. The Morgan fingerprint density at radius 3 is 2.81 bits per heavy atom. The second kappa shape index (κ2) is 6.51. The number of nitrogens with two attached hydrogens (primary N) is 1. The summed E-state index contributed by atoms with van der Waals surface area (Å²) >= 11 is 1.54. The Bertz CT molecular complexity index is 714. The molecule has 0 bridgehead atoms. The molecule has 2 heterocycles. The molecule has 0 unspecified atom stereocenters. The zero-order chi connectivity index (χ0) is 14.5. The van der Waals surface area contributed by atoms with E-state index in [0.29, 0.717) is 18.4 Å². The number of hydrogen-bond donors (Lipinski definition) is 2. The molecular weight excluding hydrogens is 284 g/mol. The van der Waals surface area contributed by atoms with Crippen LogP contribution < -0.4 is 16.0 Å². The van der Waals surface area contributed by atoms with Crippen molar-refractivity contribution in [2.45, 2.75) is 12.8 Å². The minimum atomic E-state index is 0.378. The number of hydrogen-bond acceptors (Lipinski definition) is 6. The van der Waals surface area contributed by atoms with Gasteiger partial charge in [-0.3, -0.25) is 5.43 Å². The molecule has 3 rings (SSSR count). The summed E-state index contributed by atoms with van der Waals surface area (Å²) in [6, 6.07) is 12.3. The molecule has 3 aromatic rings. The van der Waals surface area contributed by atoms with Gasteiger partial charge in [-0.1, -0.05) is 30.3 Å². The van der Waals surface area contributed by atoms with Gasteiger partial charge in [0.25, 0.3) is 0 Å². The van der Waals surface area contributed by atoms with Gasteiger partial charge < -0.3 is 4.74 Å². The number of benzene rings is 1. The van der Waals surface area contributed by atoms with Crippen LogP contribution >= 0.6 is 11.3 Å². The molecule has 0 saturated carbocycles. The zero-order valence-electron chi connectivity index (χ0n) is 11.5. The minimum absolute atomic E-state index is 0.378. The largest absolute Gasteiger partial charge is 0.477 e. The number of nitrogens with zero attached hydrogens (tertiary/aromatic N) is 2. The van der Waals surface area contributed by atoms with E-state index in [1.165, 1.54) is 5.56 Å². The maximum absolute atomic E-state index is 5.80. The smallest absolute Gasteiger partial charge is 0.241 e. The van der Waals surface area contributed by atoms with Crippen LogP contribution in [0.2, 0.25) is 0 Å². The van der Waals surface area contributed by atoms with E-state index in [1.54, 1.807) is 11.3 Å². The second-order valence-corrected chi connectivity index (χ2v) is 5.47. The van der Waals surface area contributed by atoms with Crippen LogP contribution in [-0.2, 0) is 6.42 Å². The minimum Gasteiger partial charge on any atom is -0.477 e. The van der Waals surface area contributed by atoms with E-state index in [1.807, 2.05) is 17.5 Å². The summed E-state index contributed by atoms with van der Waals surface area (Å²) in [6.07, 6.45) is 1.92. The van der Waals surface area contributed by atoms with Crippen molar-refractivity contribution in [3.05, 3.63) is 47.3 Å². The summed E-state index contributed by atoms with van der Waals surface area (Å²) in [5.41, 5.74) is 3.78. The molecule has 6 heteroatoms. The molecule has 21 heavy (non-hydrogen) atoms. The fourth-order valence-corrected chi connectivity index (χ4v) is 2.85. The van der Waals surface area contributed by atoms with Crippen molar-refractivity contribution in [1.29, 1.82) is 0 Å². The normalized spacial score (nSPS) is 10.7. The fraction of sp³-hybridized carbons (Fsp3) is 0.200. The van der Waals surface area contributed by atoms with E-state index in [0.717, 1.165) is 23.1 Å². The molecule has 0 amide bonds. The number of hydrazine groups is 1. The summed E-state index contributed by atoms with van der Waals surface area (Å²) < 4.78 is 5.80. The van der Waals surface area contributed by atoms with Crippen LogP contribution in [-0.4, -0.2) is 16.6 Å². The lowest BCUT2D eigenvalue weighted by atomic mass is 10.1. The van der Waals surface area contributed by atoms with Gasteiger partial charge in [-0.05, 0) is 29.9 Å². The summed E-state index contributed by atoms with van der Waals surface area (Å²) in [7, 11) is 0. The summed E-state index contributed by atoms with van der Waals surface area (Å²) in [5, 5.41) is 2.90. The molecule has 0 radical (unpaired) electrons. The Hall–Kier alpha value is -2.18. The molecule has 2 aromatic heterocycles. The van der Waals surface area contributed by atoms with Crippen LogP contribution in [0.3, 0.4) is 0 Å². The predicted molar refractivity (Wildman–Crippen MR) is 85.5 cm³/mol. The number of thiophene rings is 1. The van der Waals surface area contributed by atoms with Gasteiger partial charge in [0, 0.05) is 0 Å². The lowest BCUT2D eigenvalue weighted by Gasteiger charge is -2.08. The lowest BCUT2D eigenvalue weighted by Crippen LogP contribution is -2.11. The van der Waals surface area contributed by atoms with E-state index in [9.17, 15) is 0 Å². The molecule has 0 spiro atoms. The topological polar surface area (TPSA) is 73.1 Å². The molecule has 0 atom stereocenters.